The first-order valence-electron chi connectivity index (χ1n) is 11.9. The number of aromatic amines is 1. The number of carbonyl (C=O) groups excluding carboxylic acids is 1. The predicted octanol–water partition coefficient (Wildman–Crippen LogP) is 2.93. The summed E-state index contributed by atoms with van der Waals surface area (Å²) in [4.78, 5) is 38.0. The Morgan fingerprint density at radius 1 is 1.21 bits per heavy atom. The van der Waals surface area contributed by atoms with Gasteiger partial charge in [0.05, 0.1) is 35.5 Å². The molecule has 0 radical (unpaired) electrons. The zero-order valence-corrected chi connectivity index (χ0v) is 21.2. The largest absolute Gasteiger partial charge is 0.494 e. The molecule has 6 rings (SSSR count). The maximum absolute atomic E-state index is 11.6. The van der Waals surface area contributed by atoms with Crippen molar-refractivity contribution in [3.63, 3.8) is 0 Å². The van der Waals surface area contributed by atoms with Gasteiger partial charge in [0.25, 0.3) is 5.91 Å². The average Bonchev–Trinajstić information content (AvgIpc) is 3.55. The van der Waals surface area contributed by atoms with E-state index in [0.29, 0.717) is 36.9 Å². The van der Waals surface area contributed by atoms with E-state index in [-0.39, 0.29) is 11.4 Å². The Bertz CT molecular complexity index is 1630. The van der Waals surface area contributed by atoms with Gasteiger partial charge in [0.15, 0.2) is 17.5 Å². The van der Waals surface area contributed by atoms with Gasteiger partial charge >= 0.3 is 0 Å². The first-order valence-corrected chi connectivity index (χ1v) is 12.7. The third-order valence-corrected chi connectivity index (χ3v) is 7.51. The molecule has 0 unspecified atom stereocenters. The van der Waals surface area contributed by atoms with Gasteiger partial charge in [-0.1, -0.05) is 12.1 Å². The van der Waals surface area contributed by atoms with Crippen LogP contribution in [-0.2, 0) is 11.3 Å². The smallest absolute Gasteiger partial charge is 0.277 e. The molecule has 13 heteroatoms. The summed E-state index contributed by atoms with van der Waals surface area (Å²) in [5.74, 6) is 1.33. The number of nitrogens with zero attached hydrogens (tertiary/aromatic N) is 6. The van der Waals surface area contributed by atoms with E-state index in [1.807, 2.05) is 36.2 Å². The first-order chi connectivity index (χ1) is 18.5. The van der Waals surface area contributed by atoms with E-state index in [2.05, 4.69) is 19.9 Å². The maximum Gasteiger partial charge on any atom is 0.277 e. The van der Waals surface area contributed by atoms with E-state index < -0.39 is 5.91 Å². The lowest BCUT2D eigenvalue weighted by molar-refractivity contribution is 0.0705. The van der Waals surface area contributed by atoms with Crippen molar-refractivity contribution in [1.82, 2.24) is 30.4 Å². The summed E-state index contributed by atoms with van der Waals surface area (Å²) in [6.07, 6.45) is 4.50. The quantitative estimate of drug-likeness (QED) is 0.190. The lowest BCUT2D eigenvalue weighted by atomic mass is 10.1. The number of hydroxylamine groups is 1. The van der Waals surface area contributed by atoms with E-state index in [0.717, 1.165) is 45.0 Å². The van der Waals surface area contributed by atoms with Crippen LogP contribution in [0.15, 0.2) is 42.9 Å². The van der Waals surface area contributed by atoms with Gasteiger partial charge in [0.1, 0.15) is 0 Å². The van der Waals surface area contributed by atoms with Crippen molar-refractivity contribution in [2.45, 2.75) is 6.54 Å². The van der Waals surface area contributed by atoms with Gasteiger partial charge in [-0.05, 0) is 12.1 Å². The van der Waals surface area contributed by atoms with Crippen LogP contribution in [0.5, 0.6) is 5.88 Å². The van der Waals surface area contributed by atoms with Gasteiger partial charge < -0.3 is 24.6 Å². The van der Waals surface area contributed by atoms with Crippen molar-refractivity contribution in [3.05, 3.63) is 53.3 Å². The van der Waals surface area contributed by atoms with Gasteiger partial charge in [-0.25, -0.2) is 25.4 Å². The second-order valence-corrected chi connectivity index (χ2v) is 10.0. The zero-order chi connectivity index (χ0) is 26.2. The lowest BCUT2D eigenvalue weighted by Gasteiger charge is -2.28. The summed E-state index contributed by atoms with van der Waals surface area (Å²) in [5, 5.41) is 20.5. The highest BCUT2D eigenvalue weighted by atomic mass is 32.1. The fourth-order valence-electron chi connectivity index (χ4n) is 4.50. The van der Waals surface area contributed by atoms with Crippen LogP contribution in [-0.4, -0.2) is 74.5 Å². The van der Waals surface area contributed by atoms with Crippen molar-refractivity contribution in [2.75, 3.05) is 43.2 Å². The maximum atomic E-state index is 11.6. The molecule has 0 atom stereocenters. The van der Waals surface area contributed by atoms with Gasteiger partial charge in [-0.3, -0.25) is 10.0 Å². The number of anilines is 2. The highest BCUT2D eigenvalue weighted by molar-refractivity contribution is 7.19. The third kappa shape index (κ3) is 4.36. The van der Waals surface area contributed by atoms with Crippen LogP contribution >= 0.6 is 11.3 Å². The summed E-state index contributed by atoms with van der Waals surface area (Å²) >= 11 is 1.62. The van der Waals surface area contributed by atoms with Crippen LogP contribution in [0, 0.1) is 0 Å². The molecule has 0 spiro atoms. The molecule has 1 aliphatic rings. The molecule has 0 bridgehead atoms. The molecule has 4 N–H and O–H groups in total. The molecule has 0 saturated carbocycles. The number of aromatic hydroxyl groups is 1. The van der Waals surface area contributed by atoms with Crippen LogP contribution in [0.4, 0.5) is 11.8 Å². The van der Waals surface area contributed by atoms with E-state index in [1.54, 1.807) is 23.0 Å². The molecule has 4 aromatic heterocycles. The van der Waals surface area contributed by atoms with Crippen LogP contribution < -0.4 is 15.3 Å². The minimum atomic E-state index is -0.667. The number of ether oxygens (including phenoxy) is 1. The fourth-order valence-corrected chi connectivity index (χ4v) is 5.66. The van der Waals surface area contributed by atoms with E-state index in [9.17, 15) is 9.90 Å². The summed E-state index contributed by atoms with van der Waals surface area (Å²) in [5.41, 5.74) is 3.40. The molecule has 1 saturated heterocycles. The Hall–Kier alpha value is -4.33. The highest BCUT2D eigenvalue weighted by Crippen LogP contribution is 2.37. The molecule has 1 aliphatic heterocycles. The van der Waals surface area contributed by atoms with E-state index >= 15 is 0 Å². The molecular formula is C25H24N8O4S. The van der Waals surface area contributed by atoms with Crippen LogP contribution in [0.25, 0.3) is 32.4 Å². The number of aromatic nitrogens is 5. The molecule has 1 amide bonds. The predicted molar refractivity (Wildman–Crippen MR) is 143 cm³/mol. The fraction of sp³-hybridized carbons (Fsp3) is 0.240. The minimum Gasteiger partial charge on any atom is -0.494 e. The highest BCUT2D eigenvalue weighted by Gasteiger charge is 2.22. The topological polar surface area (TPSA) is 153 Å². The second-order valence-electron chi connectivity index (χ2n) is 8.87. The SMILES string of the molecule is CN(Cc1cc2nc(-c3cccc4c(O)[nH]cc34)nc(N3CCOCC3)c2s1)c1ncc(C(=O)NO)cn1. The van der Waals surface area contributed by atoms with Crippen LogP contribution in [0.2, 0.25) is 0 Å². The Balaban J connectivity index is 1.38. The molecule has 38 heavy (non-hydrogen) atoms. The number of rotatable bonds is 6. The van der Waals surface area contributed by atoms with Crippen molar-refractivity contribution < 1.29 is 19.8 Å². The summed E-state index contributed by atoms with van der Waals surface area (Å²) in [6, 6.07) is 7.75. The molecule has 12 nitrogen and oxygen atoms in total. The summed E-state index contributed by atoms with van der Waals surface area (Å²) in [7, 11) is 1.87. The Morgan fingerprint density at radius 2 is 2.00 bits per heavy atom. The third-order valence-electron chi connectivity index (χ3n) is 6.41. The number of hydrogen-bond donors (Lipinski definition) is 4. The van der Waals surface area contributed by atoms with Crippen LogP contribution in [0.1, 0.15) is 15.2 Å². The number of amides is 1. The standard InChI is InChI=1S/C25H24N8O4S/c1-32(25-27-10-14(11-28-25)23(34)31-36)13-15-9-19-20(38-15)22(33-5-7-37-8-6-33)30-21(29-19)16-3-2-4-17-18(16)12-26-24(17)35/h2-4,9-12,26,35-36H,5-8,13H2,1H3,(H,31,34). The van der Waals surface area contributed by atoms with Crippen molar-refractivity contribution in [2.24, 2.45) is 0 Å². The Labute approximate surface area is 220 Å². The first kappa shape index (κ1) is 24.0. The second kappa shape index (κ2) is 9.85. The molecule has 194 valence electrons. The summed E-state index contributed by atoms with van der Waals surface area (Å²) in [6.45, 7) is 3.24. The number of nitrogens with one attached hydrogen (secondary N) is 2. The lowest BCUT2D eigenvalue weighted by Crippen LogP contribution is -2.36. The van der Waals surface area contributed by atoms with Crippen molar-refractivity contribution >= 4 is 50.0 Å². The number of benzene rings is 1. The van der Waals surface area contributed by atoms with Gasteiger partial charge in [-0.15, -0.1) is 11.3 Å². The Morgan fingerprint density at radius 3 is 2.76 bits per heavy atom. The normalized spacial score (nSPS) is 13.8. The molecule has 1 aromatic carbocycles. The van der Waals surface area contributed by atoms with E-state index in [1.165, 1.54) is 12.4 Å². The number of fused-ring (bicyclic) bond motifs is 2. The number of morpholine rings is 1. The Kier molecular flexibility index (Phi) is 6.23. The van der Waals surface area contributed by atoms with Crippen molar-refractivity contribution in [1.29, 1.82) is 0 Å². The monoisotopic (exact) mass is 532 g/mol. The van der Waals surface area contributed by atoms with Crippen LogP contribution in [0.3, 0.4) is 0 Å². The minimum absolute atomic E-state index is 0.115. The van der Waals surface area contributed by atoms with Crippen molar-refractivity contribution in [3.8, 4) is 17.3 Å². The molecule has 0 aliphatic carbocycles. The number of hydrogen-bond acceptors (Lipinski definition) is 11. The zero-order valence-electron chi connectivity index (χ0n) is 20.4. The molecular weight excluding hydrogens is 508 g/mol. The van der Waals surface area contributed by atoms with Gasteiger partial charge in [-0.2, -0.15) is 0 Å². The molecule has 5 heterocycles. The molecule has 1 fully saturated rings. The number of thiophene rings is 1. The van der Waals surface area contributed by atoms with Gasteiger partial charge in [0, 0.05) is 59.9 Å². The molecule has 5 aromatic rings. The van der Waals surface area contributed by atoms with E-state index in [4.69, 9.17) is 19.9 Å². The van der Waals surface area contributed by atoms with Gasteiger partial charge in [0.2, 0.25) is 5.95 Å². The number of H-pyrrole nitrogens is 1. The number of carbonyl (C=O) groups is 1. The summed E-state index contributed by atoms with van der Waals surface area (Å²) < 4.78 is 6.56. The average molecular weight is 533 g/mol.